The second kappa shape index (κ2) is 9.78. The lowest BCUT2D eigenvalue weighted by Gasteiger charge is -2.13. The van der Waals surface area contributed by atoms with Crippen LogP contribution in [-0.4, -0.2) is 29.5 Å². The van der Waals surface area contributed by atoms with Crippen molar-refractivity contribution in [2.24, 2.45) is 16.6 Å². The third-order valence-electron chi connectivity index (χ3n) is 5.64. The molecule has 0 radical (unpaired) electrons. The monoisotopic (exact) mass is 443 g/mol. The predicted molar refractivity (Wildman–Crippen MR) is 131 cm³/mol. The van der Waals surface area contributed by atoms with Crippen LogP contribution in [0.5, 0.6) is 11.5 Å². The first-order valence-corrected chi connectivity index (χ1v) is 11.3. The molecule has 0 bridgehead atoms. The van der Waals surface area contributed by atoms with Gasteiger partial charge in [-0.15, -0.1) is 0 Å². The van der Waals surface area contributed by atoms with Gasteiger partial charge in [0.15, 0.2) is 0 Å². The number of benzene rings is 2. The van der Waals surface area contributed by atoms with Crippen molar-refractivity contribution in [3.63, 3.8) is 0 Å². The van der Waals surface area contributed by atoms with E-state index in [4.69, 9.17) is 20.6 Å². The van der Waals surface area contributed by atoms with E-state index in [1.807, 2.05) is 56.3 Å². The van der Waals surface area contributed by atoms with E-state index in [0.717, 1.165) is 46.5 Å². The molecule has 1 fully saturated rings. The van der Waals surface area contributed by atoms with Crippen molar-refractivity contribution in [1.29, 1.82) is 10.7 Å². The smallest absolute Gasteiger partial charge is 0.121 e. The van der Waals surface area contributed by atoms with Crippen molar-refractivity contribution in [3.05, 3.63) is 48.0 Å². The Morgan fingerprint density at radius 2 is 1.97 bits per heavy atom. The molecule has 2 aromatic carbocycles. The molecule has 0 atom stereocenters. The number of hydrogen-bond acceptors (Lipinski definition) is 4. The average Bonchev–Trinajstić information content (AvgIpc) is 3.56. The van der Waals surface area contributed by atoms with Crippen molar-refractivity contribution in [2.45, 2.75) is 45.8 Å². The summed E-state index contributed by atoms with van der Waals surface area (Å²) in [5, 5.41) is 18.0. The van der Waals surface area contributed by atoms with E-state index in [1.54, 1.807) is 0 Å². The summed E-state index contributed by atoms with van der Waals surface area (Å²) < 4.78 is 14.0. The van der Waals surface area contributed by atoms with Crippen LogP contribution in [0.1, 0.15) is 38.7 Å². The SMILES string of the molecule is CC(C)Oc1ccc(-c2c(C#N)c3ccc(OCCC(N)=NC=N)cc3n2CC2CC2)cc1. The Balaban J connectivity index is 1.72. The molecule has 33 heavy (non-hydrogen) atoms. The average molecular weight is 444 g/mol. The topological polar surface area (TPSA) is 109 Å². The number of nitriles is 1. The third-order valence-corrected chi connectivity index (χ3v) is 5.64. The number of aliphatic imine (C=N–C) groups is 1. The zero-order chi connectivity index (χ0) is 23.4. The Labute approximate surface area is 194 Å². The van der Waals surface area contributed by atoms with E-state index in [1.165, 1.54) is 12.8 Å². The molecule has 0 unspecified atom stereocenters. The van der Waals surface area contributed by atoms with Crippen LogP contribution >= 0.6 is 0 Å². The standard InChI is InChI=1S/C26H29N5O2/c1-17(2)33-20-7-5-19(6-8-20)26-23(14-27)22-10-9-21(32-12-11-25(29)30-16-28)13-24(22)31(26)15-18-3-4-18/h5-10,13,16-18H,3-4,11-12,15H2,1-2H3,(H3,28,29,30). The normalized spacial score (nSPS) is 13.8. The fraction of sp³-hybridized carbons (Fsp3) is 0.346. The van der Waals surface area contributed by atoms with Gasteiger partial charge in [0.1, 0.15) is 29.7 Å². The number of nitrogens with zero attached hydrogens (tertiary/aromatic N) is 3. The fourth-order valence-corrected chi connectivity index (χ4v) is 3.96. The van der Waals surface area contributed by atoms with Crippen LogP contribution in [-0.2, 0) is 6.54 Å². The molecule has 3 N–H and O–H groups in total. The second-order valence-electron chi connectivity index (χ2n) is 8.61. The van der Waals surface area contributed by atoms with E-state index in [9.17, 15) is 5.26 Å². The summed E-state index contributed by atoms with van der Waals surface area (Å²) in [7, 11) is 0. The van der Waals surface area contributed by atoms with Gasteiger partial charge in [-0.2, -0.15) is 5.26 Å². The summed E-state index contributed by atoms with van der Waals surface area (Å²) in [6.07, 6.45) is 3.90. The van der Waals surface area contributed by atoms with Crippen LogP contribution in [0, 0.1) is 22.7 Å². The Hall–Kier alpha value is -3.79. The van der Waals surface area contributed by atoms with Gasteiger partial charge >= 0.3 is 0 Å². The van der Waals surface area contributed by atoms with Crippen molar-refractivity contribution >= 4 is 23.1 Å². The number of hydrogen-bond donors (Lipinski definition) is 2. The largest absolute Gasteiger partial charge is 0.493 e. The van der Waals surface area contributed by atoms with Gasteiger partial charge in [0.05, 0.1) is 29.5 Å². The summed E-state index contributed by atoms with van der Waals surface area (Å²) in [5.41, 5.74) is 9.35. The van der Waals surface area contributed by atoms with E-state index in [0.29, 0.717) is 30.3 Å². The van der Waals surface area contributed by atoms with Gasteiger partial charge < -0.3 is 19.8 Å². The van der Waals surface area contributed by atoms with E-state index in [2.05, 4.69) is 15.6 Å². The molecule has 0 aliphatic heterocycles. The minimum Gasteiger partial charge on any atom is -0.493 e. The molecule has 0 saturated heterocycles. The van der Waals surface area contributed by atoms with Gasteiger partial charge in [0, 0.05) is 24.4 Å². The highest BCUT2D eigenvalue weighted by Crippen LogP contribution is 2.39. The van der Waals surface area contributed by atoms with E-state index in [-0.39, 0.29) is 6.10 Å². The summed E-state index contributed by atoms with van der Waals surface area (Å²) in [5.74, 6) is 2.54. The second-order valence-corrected chi connectivity index (χ2v) is 8.61. The van der Waals surface area contributed by atoms with Gasteiger partial charge in [0.2, 0.25) is 0 Å². The maximum absolute atomic E-state index is 10.1. The highest BCUT2D eigenvalue weighted by Gasteiger charge is 2.26. The summed E-state index contributed by atoms with van der Waals surface area (Å²) >= 11 is 0. The molecule has 0 spiro atoms. The van der Waals surface area contributed by atoms with E-state index >= 15 is 0 Å². The third kappa shape index (κ3) is 5.17. The van der Waals surface area contributed by atoms with Gasteiger partial charge in [-0.05, 0) is 74.6 Å². The minimum absolute atomic E-state index is 0.108. The summed E-state index contributed by atoms with van der Waals surface area (Å²) in [6, 6.07) is 16.3. The molecular formula is C26H29N5O2. The number of amidine groups is 1. The molecule has 1 aromatic heterocycles. The molecule has 0 amide bonds. The Bertz CT molecular complexity index is 1210. The molecule has 4 rings (SSSR count). The number of ether oxygens (including phenoxy) is 2. The highest BCUT2D eigenvalue weighted by atomic mass is 16.5. The molecule has 3 aromatic rings. The Morgan fingerprint density at radius 3 is 2.61 bits per heavy atom. The first-order chi connectivity index (χ1) is 16.0. The highest BCUT2D eigenvalue weighted by molar-refractivity contribution is 5.95. The van der Waals surface area contributed by atoms with Gasteiger partial charge in [0.25, 0.3) is 0 Å². The number of rotatable bonds is 10. The molecular weight excluding hydrogens is 414 g/mol. The van der Waals surface area contributed by atoms with Crippen molar-refractivity contribution < 1.29 is 9.47 Å². The van der Waals surface area contributed by atoms with Crippen LogP contribution in [0.25, 0.3) is 22.2 Å². The maximum Gasteiger partial charge on any atom is 0.121 e. The lowest BCUT2D eigenvalue weighted by molar-refractivity contribution is 0.242. The first kappa shape index (κ1) is 22.4. The first-order valence-electron chi connectivity index (χ1n) is 11.3. The number of aromatic nitrogens is 1. The quantitative estimate of drug-likeness (QED) is 0.335. The van der Waals surface area contributed by atoms with E-state index < -0.39 is 0 Å². The number of fused-ring (bicyclic) bond motifs is 1. The van der Waals surface area contributed by atoms with Crippen LogP contribution in [0.3, 0.4) is 0 Å². The fourth-order valence-electron chi connectivity index (χ4n) is 3.96. The van der Waals surface area contributed by atoms with Gasteiger partial charge in [-0.1, -0.05) is 0 Å². The molecule has 170 valence electrons. The Morgan fingerprint density at radius 1 is 1.24 bits per heavy atom. The van der Waals surface area contributed by atoms with Crippen LogP contribution in [0.4, 0.5) is 0 Å². The molecule has 7 heteroatoms. The van der Waals surface area contributed by atoms with Gasteiger partial charge in [-0.25, -0.2) is 4.99 Å². The Kier molecular flexibility index (Phi) is 6.64. The number of nitrogens with two attached hydrogens (primary N) is 1. The van der Waals surface area contributed by atoms with Crippen molar-refractivity contribution in [3.8, 4) is 28.8 Å². The van der Waals surface area contributed by atoms with Crippen LogP contribution in [0.15, 0.2) is 47.5 Å². The predicted octanol–water partition coefficient (Wildman–Crippen LogP) is 5.11. The molecule has 1 aliphatic carbocycles. The molecule has 1 heterocycles. The lowest BCUT2D eigenvalue weighted by atomic mass is 10.1. The zero-order valence-electron chi connectivity index (χ0n) is 19.0. The summed E-state index contributed by atoms with van der Waals surface area (Å²) in [6.45, 7) is 5.25. The lowest BCUT2D eigenvalue weighted by Crippen LogP contribution is -2.15. The zero-order valence-corrected chi connectivity index (χ0v) is 19.0. The van der Waals surface area contributed by atoms with Crippen LogP contribution < -0.4 is 15.2 Å². The van der Waals surface area contributed by atoms with Crippen molar-refractivity contribution in [1.82, 2.24) is 4.57 Å². The molecule has 1 saturated carbocycles. The number of nitrogens with one attached hydrogen (secondary N) is 1. The molecule has 1 aliphatic rings. The van der Waals surface area contributed by atoms with Crippen LogP contribution in [0.2, 0.25) is 0 Å². The molecule has 7 nitrogen and oxygen atoms in total. The summed E-state index contributed by atoms with van der Waals surface area (Å²) in [4.78, 5) is 3.75. The minimum atomic E-state index is 0.108. The van der Waals surface area contributed by atoms with Gasteiger partial charge in [-0.3, -0.25) is 5.41 Å². The van der Waals surface area contributed by atoms with Crippen molar-refractivity contribution in [2.75, 3.05) is 6.61 Å². The maximum atomic E-state index is 10.1.